The summed E-state index contributed by atoms with van der Waals surface area (Å²) in [4.78, 5) is 0. The van der Waals surface area contributed by atoms with Crippen LogP contribution in [0.1, 0.15) is 49.3 Å². The van der Waals surface area contributed by atoms with Crippen molar-refractivity contribution < 1.29 is 4.74 Å². The van der Waals surface area contributed by atoms with Crippen molar-refractivity contribution in [1.82, 2.24) is 0 Å². The van der Waals surface area contributed by atoms with Crippen LogP contribution in [0.2, 0.25) is 0 Å². The molecule has 0 amide bonds. The molecule has 0 saturated carbocycles. The summed E-state index contributed by atoms with van der Waals surface area (Å²) in [6, 6.07) is 32.0. The topological polar surface area (TPSA) is 9.23 Å². The number of rotatable bonds is 4. The Balaban J connectivity index is 1.79. The Hall–Kier alpha value is -3.32. The molecule has 0 bridgehead atoms. The van der Waals surface area contributed by atoms with E-state index in [1.165, 1.54) is 46.3 Å². The molecule has 154 valence electrons. The van der Waals surface area contributed by atoms with E-state index in [0.29, 0.717) is 0 Å². The Labute approximate surface area is 185 Å². The Morgan fingerprint density at radius 2 is 1.35 bits per heavy atom. The fourth-order valence-corrected chi connectivity index (χ4v) is 4.82. The molecule has 1 aliphatic carbocycles. The molecule has 0 aromatic heterocycles. The first-order valence-corrected chi connectivity index (χ1v) is 11.3. The standard InChI is InChI=1S/C30H28O/c1-30(26-20-12-5-13-21-26)29(25-18-10-4-11-19-25)28(24-16-8-3-9-17-24)27(31-30)22-23-14-6-2-7-15-23/h3-5,8-14,16-22H,2,6-7,15H2,1H3/b27-22-. The molecule has 5 rings (SSSR count). The summed E-state index contributed by atoms with van der Waals surface area (Å²) in [5.41, 5.74) is 6.83. The minimum absolute atomic E-state index is 0.561. The quantitative estimate of drug-likeness (QED) is 0.429. The van der Waals surface area contributed by atoms with Gasteiger partial charge in [0.25, 0.3) is 0 Å². The predicted octanol–water partition coefficient (Wildman–Crippen LogP) is 7.93. The molecule has 1 heterocycles. The third-order valence-electron chi connectivity index (χ3n) is 6.38. The summed E-state index contributed by atoms with van der Waals surface area (Å²) < 4.78 is 6.92. The van der Waals surface area contributed by atoms with Gasteiger partial charge in [-0.2, -0.15) is 0 Å². The van der Waals surface area contributed by atoms with Crippen molar-refractivity contribution in [2.24, 2.45) is 0 Å². The highest BCUT2D eigenvalue weighted by molar-refractivity contribution is 6.03. The van der Waals surface area contributed by atoms with Crippen LogP contribution in [0.4, 0.5) is 0 Å². The van der Waals surface area contributed by atoms with Crippen molar-refractivity contribution in [1.29, 1.82) is 0 Å². The minimum Gasteiger partial charge on any atom is -0.477 e. The van der Waals surface area contributed by atoms with E-state index in [0.717, 1.165) is 18.6 Å². The van der Waals surface area contributed by atoms with Crippen LogP contribution >= 0.6 is 0 Å². The normalized spacial score (nSPS) is 22.4. The van der Waals surface area contributed by atoms with Crippen LogP contribution in [0.3, 0.4) is 0 Å². The Morgan fingerprint density at radius 1 is 0.742 bits per heavy atom. The first kappa shape index (κ1) is 19.6. The van der Waals surface area contributed by atoms with Crippen LogP contribution in [0.25, 0.3) is 11.1 Å². The summed E-state index contributed by atoms with van der Waals surface area (Å²) >= 11 is 0. The zero-order chi connectivity index (χ0) is 21.1. The largest absolute Gasteiger partial charge is 0.477 e. The van der Waals surface area contributed by atoms with Gasteiger partial charge in [0, 0.05) is 11.1 Å². The van der Waals surface area contributed by atoms with Crippen molar-refractivity contribution in [3.05, 3.63) is 131 Å². The molecule has 31 heavy (non-hydrogen) atoms. The molecule has 1 atom stereocenters. The number of benzene rings is 3. The highest BCUT2D eigenvalue weighted by Crippen LogP contribution is 2.53. The van der Waals surface area contributed by atoms with Gasteiger partial charge in [0.1, 0.15) is 5.76 Å². The Kier molecular flexibility index (Phi) is 5.34. The van der Waals surface area contributed by atoms with Crippen molar-refractivity contribution in [2.75, 3.05) is 0 Å². The van der Waals surface area contributed by atoms with E-state index in [2.05, 4.69) is 110 Å². The summed E-state index contributed by atoms with van der Waals surface area (Å²) in [6.45, 7) is 2.21. The average molecular weight is 405 g/mol. The highest BCUT2D eigenvalue weighted by atomic mass is 16.5. The predicted molar refractivity (Wildman–Crippen MR) is 129 cm³/mol. The van der Waals surface area contributed by atoms with Gasteiger partial charge >= 0.3 is 0 Å². The fraction of sp³-hybridized carbons (Fsp3) is 0.200. The summed E-state index contributed by atoms with van der Waals surface area (Å²) in [5, 5.41) is 0. The van der Waals surface area contributed by atoms with Gasteiger partial charge in [-0.1, -0.05) is 97.1 Å². The molecule has 3 aromatic rings. The average Bonchev–Trinajstić information content (AvgIpc) is 3.14. The number of ether oxygens (including phenoxy) is 1. The van der Waals surface area contributed by atoms with Gasteiger partial charge in [-0.25, -0.2) is 0 Å². The first-order valence-electron chi connectivity index (χ1n) is 11.3. The van der Waals surface area contributed by atoms with E-state index < -0.39 is 5.60 Å². The van der Waals surface area contributed by atoms with Gasteiger partial charge in [-0.3, -0.25) is 0 Å². The molecule has 0 N–H and O–H groups in total. The van der Waals surface area contributed by atoms with Gasteiger partial charge in [0.2, 0.25) is 0 Å². The first-order chi connectivity index (χ1) is 15.3. The molecule has 2 aliphatic rings. The van der Waals surface area contributed by atoms with Gasteiger partial charge in [-0.05, 0) is 60.9 Å². The second-order valence-corrected chi connectivity index (χ2v) is 8.52. The SMILES string of the molecule is CC1(c2ccccc2)O/C(=C\C2=CCCCC2)C(c2ccccc2)=C1c1ccccc1. The van der Waals surface area contributed by atoms with E-state index in [4.69, 9.17) is 4.74 Å². The van der Waals surface area contributed by atoms with Gasteiger partial charge in [-0.15, -0.1) is 0 Å². The van der Waals surface area contributed by atoms with Crippen LogP contribution in [-0.2, 0) is 10.3 Å². The Morgan fingerprint density at radius 3 is 1.97 bits per heavy atom. The lowest BCUT2D eigenvalue weighted by Gasteiger charge is -2.29. The van der Waals surface area contributed by atoms with E-state index in [1.54, 1.807) is 0 Å². The van der Waals surface area contributed by atoms with Crippen LogP contribution < -0.4 is 0 Å². The zero-order valence-electron chi connectivity index (χ0n) is 18.1. The molecule has 1 heteroatoms. The van der Waals surface area contributed by atoms with E-state index >= 15 is 0 Å². The highest BCUT2D eigenvalue weighted by Gasteiger charge is 2.44. The number of hydrogen-bond donors (Lipinski definition) is 0. The molecule has 1 nitrogen and oxygen atoms in total. The third-order valence-corrected chi connectivity index (χ3v) is 6.38. The molecule has 1 unspecified atom stereocenters. The monoisotopic (exact) mass is 404 g/mol. The van der Waals surface area contributed by atoms with Crippen LogP contribution in [0.5, 0.6) is 0 Å². The molecular weight excluding hydrogens is 376 g/mol. The lowest BCUT2D eigenvalue weighted by molar-refractivity contribution is 0.0920. The third kappa shape index (κ3) is 3.77. The second kappa shape index (κ2) is 8.43. The second-order valence-electron chi connectivity index (χ2n) is 8.52. The van der Waals surface area contributed by atoms with Crippen LogP contribution in [-0.4, -0.2) is 0 Å². The lowest BCUT2D eigenvalue weighted by atomic mass is 9.81. The fourth-order valence-electron chi connectivity index (χ4n) is 4.82. The summed E-state index contributed by atoms with van der Waals surface area (Å²) in [6.07, 6.45) is 9.48. The van der Waals surface area contributed by atoms with Crippen LogP contribution in [0, 0.1) is 0 Å². The summed E-state index contributed by atoms with van der Waals surface area (Å²) in [7, 11) is 0. The van der Waals surface area contributed by atoms with Crippen molar-refractivity contribution >= 4 is 11.1 Å². The maximum Gasteiger partial charge on any atom is 0.158 e. The Bertz CT molecular complexity index is 1140. The van der Waals surface area contributed by atoms with Crippen LogP contribution in [0.15, 0.2) is 114 Å². The van der Waals surface area contributed by atoms with E-state index in [9.17, 15) is 0 Å². The lowest BCUT2D eigenvalue weighted by Crippen LogP contribution is -2.23. The minimum atomic E-state index is -0.561. The van der Waals surface area contributed by atoms with Crippen molar-refractivity contribution in [2.45, 2.75) is 38.2 Å². The van der Waals surface area contributed by atoms with Crippen molar-refractivity contribution in [3.63, 3.8) is 0 Å². The number of allylic oxidation sites excluding steroid dienone is 4. The van der Waals surface area contributed by atoms with Gasteiger partial charge < -0.3 is 4.74 Å². The smallest absolute Gasteiger partial charge is 0.158 e. The van der Waals surface area contributed by atoms with E-state index in [1.807, 2.05) is 0 Å². The van der Waals surface area contributed by atoms with Gasteiger partial charge in [0.05, 0.1) is 0 Å². The molecule has 0 saturated heterocycles. The molecule has 1 aliphatic heterocycles. The van der Waals surface area contributed by atoms with Crippen molar-refractivity contribution in [3.8, 4) is 0 Å². The molecule has 0 fully saturated rings. The van der Waals surface area contributed by atoms with E-state index in [-0.39, 0.29) is 0 Å². The summed E-state index contributed by atoms with van der Waals surface area (Å²) in [5.74, 6) is 0.976. The number of hydrogen-bond acceptors (Lipinski definition) is 1. The molecule has 0 spiro atoms. The molecule has 3 aromatic carbocycles. The van der Waals surface area contributed by atoms with Gasteiger partial charge in [0.15, 0.2) is 5.60 Å². The zero-order valence-corrected chi connectivity index (χ0v) is 18.1. The maximum atomic E-state index is 6.92. The molecule has 0 radical (unpaired) electrons. The maximum absolute atomic E-state index is 6.92. The molecular formula is C30H28O.